The van der Waals surface area contributed by atoms with E-state index in [0.29, 0.717) is 22.9 Å². The lowest BCUT2D eigenvalue weighted by Gasteiger charge is -2.12. The molecule has 0 aromatic heterocycles. The van der Waals surface area contributed by atoms with E-state index in [9.17, 15) is 9.59 Å². The van der Waals surface area contributed by atoms with E-state index < -0.39 is 0 Å². The highest BCUT2D eigenvalue weighted by atomic mass is 16.5. The first-order valence-electron chi connectivity index (χ1n) is 9.99. The van der Waals surface area contributed by atoms with Crippen molar-refractivity contribution >= 4 is 23.2 Å². The first-order valence-corrected chi connectivity index (χ1v) is 9.99. The van der Waals surface area contributed by atoms with Gasteiger partial charge in [0.2, 0.25) is 0 Å². The Kier molecular flexibility index (Phi) is 7.27. The maximum atomic E-state index is 12.2. The van der Waals surface area contributed by atoms with E-state index in [2.05, 4.69) is 10.6 Å². The van der Waals surface area contributed by atoms with Crippen LogP contribution in [0.2, 0.25) is 0 Å². The third-order valence-electron chi connectivity index (χ3n) is 4.75. The summed E-state index contributed by atoms with van der Waals surface area (Å²) in [7, 11) is 0. The Morgan fingerprint density at radius 1 is 0.677 bits per heavy atom. The second kappa shape index (κ2) is 10.3. The Balaban J connectivity index is 1.49. The smallest absolute Gasteiger partial charge is 0.262 e. The van der Waals surface area contributed by atoms with Gasteiger partial charge in [-0.2, -0.15) is 0 Å². The molecule has 0 atom stereocenters. The summed E-state index contributed by atoms with van der Waals surface area (Å²) in [4.78, 5) is 24.4. The number of nitrogens with one attached hydrogen (secondary N) is 2. The average molecular weight is 418 g/mol. The van der Waals surface area contributed by atoms with Gasteiger partial charge in [-0.25, -0.2) is 0 Å². The van der Waals surface area contributed by atoms with Crippen molar-refractivity contribution in [3.05, 3.63) is 83.4 Å². The molecule has 0 aliphatic rings. The topological polar surface area (TPSA) is 76.7 Å². The molecule has 2 N–H and O–H groups in total. The summed E-state index contributed by atoms with van der Waals surface area (Å²) in [6.45, 7) is 5.71. The molecular weight excluding hydrogens is 392 g/mol. The van der Waals surface area contributed by atoms with Gasteiger partial charge in [0.1, 0.15) is 11.5 Å². The lowest BCUT2D eigenvalue weighted by Crippen LogP contribution is -2.21. The number of anilines is 2. The molecule has 160 valence electrons. The van der Waals surface area contributed by atoms with Crippen LogP contribution in [-0.2, 0) is 9.59 Å². The minimum Gasteiger partial charge on any atom is -0.484 e. The van der Waals surface area contributed by atoms with Crippen molar-refractivity contribution in [2.24, 2.45) is 0 Å². The number of aryl methyl sites for hydroxylation is 3. The minimum absolute atomic E-state index is 0.0856. The molecule has 3 aromatic rings. The SMILES string of the molecule is Cc1ccc(OCC(=O)Nc2ccc(NC(=O)COc3ccccc3)c(C)c2)cc1C. The third-order valence-corrected chi connectivity index (χ3v) is 4.75. The summed E-state index contributed by atoms with van der Waals surface area (Å²) in [5, 5.41) is 5.62. The van der Waals surface area contributed by atoms with Crippen molar-refractivity contribution in [1.82, 2.24) is 0 Å². The number of hydrogen-bond acceptors (Lipinski definition) is 4. The Hall–Kier alpha value is -3.80. The fourth-order valence-corrected chi connectivity index (χ4v) is 2.88. The van der Waals surface area contributed by atoms with Crippen molar-refractivity contribution in [3.8, 4) is 11.5 Å². The molecule has 0 heterocycles. The van der Waals surface area contributed by atoms with Gasteiger partial charge in [-0.05, 0) is 79.9 Å². The molecule has 0 saturated heterocycles. The number of para-hydroxylation sites is 1. The molecule has 0 unspecified atom stereocenters. The fraction of sp³-hybridized carbons (Fsp3) is 0.200. The van der Waals surface area contributed by atoms with Gasteiger partial charge in [-0.1, -0.05) is 24.3 Å². The summed E-state index contributed by atoms with van der Waals surface area (Å²) in [6, 6.07) is 20.1. The highest BCUT2D eigenvalue weighted by Gasteiger charge is 2.09. The largest absolute Gasteiger partial charge is 0.484 e. The van der Waals surface area contributed by atoms with E-state index in [1.54, 1.807) is 30.3 Å². The molecule has 6 heteroatoms. The van der Waals surface area contributed by atoms with Gasteiger partial charge in [0, 0.05) is 11.4 Å². The van der Waals surface area contributed by atoms with Crippen LogP contribution in [0.4, 0.5) is 11.4 Å². The number of carbonyl (C=O) groups excluding carboxylic acids is 2. The fourth-order valence-electron chi connectivity index (χ4n) is 2.88. The summed E-state index contributed by atoms with van der Waals surface area (Å²) in [6.07, 6.45) is 0. The molecule has 6 nitrogen and oxygen atoms in total. The quantitative estimate of drug-likeness (QED) is 0.558. The maximum absolute atomic E-state index is 12.2. The zero-order valence-electron chi connectivity index (χ0n) is 17.9. The van der Waals surface area contributed by atoms with E-state index in [1.807, 2.05) is 57.2 Å². The number of carbonyl (C=O) groups is 2. The van der Waals surface area contributed by atoms with Crippen LogP contribution in [0.15, 0.2) is 66.7 Å². The van der Waals surface area contributed by atoms with Crippen molar-refractivity contribution < 1.29 is 19.1 Å². The number of amides is 2. The van der Waals surface area contributed by atoms with E-state index in [0.717, 1.165) is 11.1 Å². The van der Waals surface area contributed by atoms with Crippen molar-refractivity contribution in [1.29, 1.82) is 0 Å². The number of ether oxygens (including phenoxy) is 2. The van der Waals surface area contributed by atoms with Gasteiger partial charge in [0.25, 0.3) is 11.8 Å². The van der Waals surface area contributed by atoms with E-state index in [1.165, 1.54) is 5.56 Å². The molecular formula is C25H26N2O4. The lowest BCUT2D eigenvalue weighted by atomic mass is 10.1. The Morgan fingerprint density at radius 2 is 1.35 bits per heavy atom. The first kappa shape index (κ1) is 21.9. The van der Waals surface area contributed by atoms with Gasteiger partial charge < -0.3 is 20.1 Å². The third kappa shape index (κ3) is 6.60. The number of benzene rings is 3. The van der Waals surface area contributed by atoms with Gasteiger partial charge in [-0.3, -0.25) is 9.59 Å². The van der Waals surface area contributed by atoms with Crippen LogP contribution in [0, 0.1) is 20.8 Å². The zero-order chi connectivity index (χ0) is 22.2. The second-order valence-electron chi connectivity index (χ2n) is 7.26. The normalized spacial score (nSPS) is 10.3. The minimum atomic E-state index is -0.259. The molecule has 0 fully saturated rings. The molecule has 2 amide bonds. The highest BCUT2D eigenvalue weighted by molar-refractivity contribution is 5.94. The molecule has 0 bridgehead atoms. The second-order valence-corrected chi connectivity index (χ2v) is 7.26. The monoisotopic (exact) mass is 418 g/mol. The van der Waals surface area contributed by atoms with E-state index in [4.69, 9.17) is 9.47 Å². The van der Waals surface area contributed by atoms with Crippen molar-refractivity contribution in [2.45, 2.75) is 20.8 Å². The molecule has 0 saturated carbocycles. The highest BCUT2D eigenvalue weighted by Crippen LogP contribution is 2.20. The number of hydrogen-bond donors (Lipinski definition) is 2. The first-order chi connectivity index (χ1) is 14.9. The van der Waals surface area contributed by atoms with Gasteiger partial charge in [0.15, 0.2) is 13.2 Å². The zero-order valence-corrected chi connectivity index (χ0v) is 17.9. The van der Waals surface area contributed by atoms with Crippen molar-refractivity contribution in [2.75, 3.05) is 23.8 Å². The Bertz CT molecular complexity index is 1060. The van der Waals surface area contributed by atoms with Crippen LogP contribution in [0.25, 0.3) is 0 Å². The lowest BCUT2D eigenvalue weighted by molar-refractivity contribution is -0.118. The van der Waals surface area contributed by atoms with Crippen LogP contribution < -0.4 is 20.1 Å². The Morgan fingerprint density at radius 3 is 2.03 bits per heavy atom. The molecule has 0 spiro atoms. The summed E-state index contributed by atoms with van der Waals surface area (Å²) in [5.74, 6) is 0.775. The van der Waals surface area contributed by atoms with Crippen LogP contribution in [-0.4, -0.2) is 25.0 Å². The average Bonchev–Trinajstić information content (AvgIpc) is 2.76. The standard InChI is InChI=1S/C25H26N2O4/c1-17-9-11-22(14-18(17)2)31-15-24(28)26-20-10-12-23(19(3)13-20)27-25(29)16-30-21-7-5-4-6-8-21/h4-14H,15-16H2,1-3H3,(H,26,28)(H,27,29). The molecule has 0 aliphatic heterocycles. The van der Waals surface area contributed by atoms with Gasteiger partial charge >= 0.3 is 0 Å². The molecule has 0 radical (unpaired) electrons. The van der Waals surface area contributed by atoms with Crippen LogP contribution >= 0.6 is 0 Å². The van der Waals surface area contributed by atoms with Crippen LogP contribution in [0.1, 0.15) is 16.7 Å². The number of rotatable bonds is 8. The predicted molar refractivity (Wildman–Crippen MR) is 122 cm³/mol. The molecule has 0 aliphatic carbocycles. The predicted octanol–water partition coefficient (Wildman–Crippen LogP) is 4.65. The molecule has 31 heavy (non-hydrogen) atoms. The summed E-state index contributed by atoms with van der Waals surface area (Å²) < 4.78 is 11.0. The molecule has 3 rings (SSSR count). The van der Waals surface area contributed by atoms with E-state index >= 15 is 0 Å². The summed E-state index contributed by atoms with van der Waals surface area (Å²) >= 11 is 0. The Labute approximate surface area is 182 Å². The van der Waals surface area contributed by atoms with Gasteiger partial charge in [-0.15, -0.1) is 0 Å². The van der Waals surface area contributed by atoms with Crippen LogP contribution in [0.5, 0.6) is 11.5 Å². The van der Waals surface area contributed by atoms with Crippen LogP contribution in [0.3, 0.4) is 0 Å². The van der Waals surface area contributed by atoms with Crippen molar-refractivity contribution in [3.63, 3.8) is 0 Å². The molecule has 3 aromatic carbocycles. The summed E-state index contributed by atoms with van der Waals surface area (Å²) in [5.41, 5.74) is 4.39. The van der Waals surface area contributed by atoms with E-state index in [-0.39, 0.29) is 25.0 Å². The maximum Gasteiger partial charge on any atom is 0.262 e. The van der Waals surface area contributed by atoms with Gasteiger partial charge in [0.05, 0.1) is 0 Å².